The average Bonchev–Trinajstić information content (AvgIpc) is 2.96. The van der Waals surface area contributed by atoms with E-state index in [9.17, 15) is 33.9 Å². The summed E-state index contributed by atoms with van der Waals surface area (Å²) >= 11 is 0. The van der Waals surface area contributed by atoms with Gasteiger partial charge in [-0.3, -0.25) is 9.59 Å². The van der Waals surface area contributed by atoms with Gasteiger partial charge in [-0.15, -0.1) is 10.2 Å². The monoisotopic (exact) mass is 672 g/mol. The van der Waals surface area contributed by atoms with Gasteiger partial charge in [0.2, 0.25) is 0 Å². The summed E-state index contributed by atoms with van der Waals surface area (Å²) in [5.74, 6) is -6.17. The van der Waals surface area contributed by atoms with E-state index in [0.717, 1.165) is 18.2 Å². The number of aromatic nitrogens is 4. The number of hydrogen-bond acceptors (Lipinski definition) is 10. The summed E-state index contributed by atoms with van der Waals surface area (Å²) in [6.45, 7) is 0. The number of carbonyl (C=O) groups is 6. The van der Waals surface area contributed by atoms with Gasteiger partial charge in [-0.2, -0.15) is 0 Å². The Kier molecular flexibility index (Phi) is 13.2. The van der Waals surface area contributed by atoms with E-state index in [4.69, 9.17) is 15.3 Å². The molecule has 0 spiro atoms. The summed E-state index contributed by atoms with van der Waals surface area (Å²) < 4.78 is 0. The minimum atomic E-state index is -1.34. The van der Waals surface area contributed by atoms with Crippen LogP contribution in [0, 0.1) is 0 Å². The first kappa shape index (κ1) is 35.1. The Morgan fingerprint density at radius 3 is 1.52 bits per heavy atom. The molecule has 42 heavy (non-hydrogen) atoms. The van der Waals surface area contributed by atoms with Crippen molar-refractivity contribution in [3.05, 3.63) is 118 Å². The van der Waals surface area contributed by atoms with Crippen molar-refractivity contribution in [3.63, 3.8) is 0 Å². The van der Waals surface area contributed by atoms with Gasteiger partial charge in [-0.25, -0.2) is 29.1 Å². The first-order valence-electron chi connectivity index (χ1n) is 10.9. The molecule has 0 aliphatic carbocycles. The Morgan fingerprint density at radius 1 is 0.500 bits per heavy atom. The molecule has 0 bridgehead atoms. The summed E-state index contributed by atoms with van der Waals surface area (Å²) in [4.78, 5) is 75.5. The third-order valence-electron chi connectivity index (χ3n) is 4.99. The van der Waals surface area contributed by atoms with E-state index in [2.05, 4.69) is 20.2 Å². The number of nitrogens with zero attached hydrogens (tertiary/aromatic N) is 4. The van der Waals surface area contributed by atoms with E-state index >= 15 is 0 Å². The Bertz CT molecular complexity index is 1630. The summed E-state index contributed by atoms with van der Waals surface area (Å²) in [6.07, 6.45) is 2.48. The van der Waals surface area contributed by atoms with Crippen LogP contribution in [0.15, 0.2) is 73.1 Å². The second-order valence-electron chi connectivity index (χ2n) is 7.59. The van der Waals surface area contributed by atoms with Crippen molar-refractivity contribution in [2.75, 3.05) is 0 Å². The van der Waals surface area contributed by atoms with Crippen LogP contribution in [0.1, 0.15) is 73.8 Å². The summed E-state index contributed by atoms with van der Waals surface area (Å²) in [6, 6.07) is 13.2. The Balaban J connectivity index is 0.000000534. The van der Waals surface area contributed by atoms with Gasteiger partial charge >= 0.3 is 23.9 Å². The van der Waals surface area contributed by atoms with E-state index in [0.29, 0.717) is 0 Å². The van der Waals surface area contributed by atoms with E-state index in [1.54, 1.807) is 0 Å². The number of rotatable bonds is 8. The van der Waals surface area contributed by atoms with Gasteiger partial charge in [0.15, 0.2) is 28.6 Å². The van der Waals surface area contributed by atoms with E-state index in [1.807, 2.05) is 0 Å². The molecule has 0 aliphatic rings. The zero-order valence-corrected chi connectivity index (χ0v) is 27.3. The van der Waals surface area contributed by atoms with E-state index in [1.165, 1.54) is 54.9 Å². The fraction of sp³-hybridized carbons (Fsp3) is 0. The van der Waals surface area contributed by atoms with Gasteiger partial charge in [0.05, 0.1) is 5.56 Å². The number of pyridine rings is 2. The normalized spacial score (nSPS) is 9.52. The van der Waals surface area contributed by atoms with Gasteiger partial charge in [-0.05, 0) is 42.5 Å². The molecular weight excluding hydrogens is 659 g/mol. The molecule has 4 rings (SSSR count). The van der Waals surface area contributed by atoms with Gasteiger partial charge < -0.3 is 20.4 Å². The number of aromatic carboxylic acids is 4. The van der Waals surface area contributed by atoms with Gasteiger partial charge in [0, 0.05) is 68.0 Å². The number of ketones is 2. The van der Waals surface area contributed by atoms with E-state index in [-0.39, 0.29) is 84.0 Å². The van der Waals surface area contributed by atoms with Crippen LogP contribution in [0.4, 0.5) is 0 Å². The van der Waals surface area contributed by atoms with Crippen molar-refractivity contribution in [1.29, 1.82) is 0 Å². The van der Waals surface area contributed by atoms with Crippen LogP contribution in [-0.4, -0.2) is 76.0 Å². The maximum atomic E-state index is 12.7. The zero-order chi connectivity index (χ0) is 29.4. The molecular formula is C26H16N4O10Zn2. The number of carbonyl (C=O) groups excluding carboxylic acids is 2. The minimum absolute atomic E-state index is 0. The summed E-state index contributed by atoms with van der Waals surface area (Å²) in [7, 11) is 0. The third kappa shape index (κ3) is 8.78. The molecule has 0 atom stereocenters. The maximum Gasteiger partial charge on any atom is 0.356 e. The van der Waals surface area contributed by atoms with Gasteiger partial charge in [-0.1, -0.05) is 18.2 Å². The fourth-order valence-corrected chi connectivity index (χ4v) is 3.13. The Hall–Kier alpha value is -4.93. The maximum absolute atomic E-state index is 12.7. The van der Waals surface area contributed by atoms with Crippen LogP contribution < -0.4 is 0 Å². The topological polar surface area (TPSA) is 235 Å². The van der Waals surface area contributed by atoms with Crippen molar-refractivity contribution in [1.82, 2.24) is 20.2 Å². The average molecular weight is 675 g/mol. The minimum Gasteiger partial charge on any atom is -0.477 e. The van der Waals surface area contributed by atoms with Crippen LogP contribution in [0.3, 0.4) is 0 Å². The molecule has 3 heterocycles. The predicted molar refractivity (Wildman–Crippen MR) is 132 cm³/mol. The van der Waals surface area contributed by atoms with Crippen LogP contribution in [-0.2, 0) is 39.0 Å². The number of hydrogen-bond donors (Lipinski definition) is 4. The molecule has 0 amide bonds. The molecule has 14 nitrogen and oxygen atoms in total. The van der Waals surface area contributed by atoms with E-state index < -0.39 is 35.4 Å². The molecule has 0 aliphatic heterocycles. The molecule has 1 aromatic carbocycles. The summed E-state index contributed by atoms with van der Waals surface area (Å²) in [5.41, 5.74) is -0.965. The Morgan fingerprint density at radius 2 is 1.02 bits per heavy atom. The van der Waals surface area contributed by atoms with Crippen molar-refractivity contribution in [3.8, 4) is 0 Å². The molecule has 4 N–H and O–H groups in total. The molecule has 0 radical (unpaired) electrons. The molecule has 16 heteroatoms. The second-order valence-corrected chi connectivity index (χ2v) is 7.59. The van der Waals surface area contributed by atoms with Crippen molar-refractivity contribution >= 4 is 35.4 Å². The van der Waals surface area contributed by atoms with Crippen LogP contribution in [0.2, 0.25) is 0 Å². The molecule has 0 saturated carbocycles. The van der Waals surface area contributed by atoms with Crippen molar-refractivity contribution < 1.29 is 88.1 Å². The molecule has 0 unspecified atom stereocenters. The van der Waals surface area contributed by atoms with Crippen LogP contribution in [0.5, 0.6) is 0 Å². The largest absolute Gasteiger partial charge is 0.477 e. The fourth-order valence-electron chi connectivity index (χ4n) is 3.13. The zero-order valence-electron chi connectivity index (χ0n) is 21.4. The molecule has 0 fully saturated rings. The standard InChI is InChI=1S/C20H12N2O6.C6H4N2O4.2Zn/c23-17(13-6-8-21-15(10-13)19(25)26)11-3-1-4-12(9-11)18(24)14-5-2-7-22-16(14)20(27)28;9-5(10)3-1-2-4(6(11)12)8-7-3;;/h1-10H,(H,25,26)(H,27,28);1-2H,(H,9,10)(H,11,12);;. The number of benzene rings is 1. The van der Waals surface area contributed by atoms with Gasteiger partial charge in [0.25, 0.3) is 0 Å². The number of carboxylic acids is 4. The second kappa shape index (κ2) is 15.7. The molecule has 3 aromatic heterocycles. The van der Waals surface area contributed by atoms with Crippen LogP contribution in [0.25, 0.3) is 0 Å². The van der Waals surface area contributed by atoms with Crippen LogP contribution >= 0.6 is 0 Å². The molecule has 4 aromatic rings. The molecule has 204 valence electrons. The third-order valence-corrected chi connectivity index (χ3v) is 4.99. The molecule has 0 saturated heterocycles. The first-order chi connectivity index (χ1) is 19.0. The summed E-state index contributed by atoms with van der Waals surface area (Å²) in [5, 5.41) is 41.3. The SMILES string of the molecule is O=C(O)c1ccc(C(=O)O)nn1.O=C(c1cccc(C(=O)c2cccnc2C(=O)O)c1)c1ccnc(C(=O)O)c1.[Zn].[Zn]. The smallest absolute Gasteiger partial charge is 0.356 e. The Labute approximate surface area is 261 Å². The number of carboxylic acid groups (broad SMARTS) is 4. The van der Waals surface area contributed by atoms with Crippen molar-refractivity contribution in [2.24, 2.45) is 0 Å². The predicted octanol–water partition coefficient (Wildman–Crippen LogP) is 2.20. The quantitative estimate of drug-likeness (QED) is 0.155. The first-order valence-corrected chi connectivity index (χ1v) is 10.9. The van der Waals surface area contributed by atoms with Gasteiger partial charge in [0.1, 0.15) is 5.69 Å². The van der Waals surface area contributed by atoms with Crippen molar-refractivity contribution in [2.45, 2.75) is 0 Å².